The normalized spacial score (nSPS) is 10.5. The summed E-state index contributed by atoms with van der Waals surface area (Å²) in [6.07, 6.45) is 4.94. The highest BCUT2D eigenvalue weighted by Gasteiger charge is 2.18. The number of rotatable bonds is 7. The molecule has 0 fully saturated rings. The van der Waals surface area contributed by atoms with Gasteiger partial charge in [0.05, 0.1) is 11.8 Å². The molecule has 0 radical (unpaired) electrons. The van der Waals surface area contributed by atoms with Crippen molar-refractivity contribution in [3.8, 4) is 0 Å². The molecule has 0 saturated carbocycles. The number of nitrogens with one attached hydrogen (secondary N) is 2. The highest BCUT2D eigenvalue weighted by molar-refractivity contribution is 5.99. The Morgan fingerprint density at radius 1 is 1.21 bits per heavy atom. The fraction of sp³-hybridized carbons (Fsp3) is 0.200. The van der Waals surface area contributed by atoms with Crippen molar-refractivity contribution in [3.63, 3.8) is 0 Å². The minimum atomic E-state index is -0.536. The predicted octanol–water partition coefficient (Wildman–Crippen LogP) is 1.61. The van der Waals surface area contributed by atoms with Crippen LogP contribution in [0.3, 0.4) is 0 Å². The lowest BCUT2D eigenvalue weighted by atomic mass is 10.1. The smallest absolute Gasteiger partial charge is 0.260 e. The van der Waals surface area contributed by atoms with Crippen LogP contribution in [0.25, 0.3) is 0 Å². The molecular formula is C20H20N4O4. The summed E-state index contributed by atoms with van der Waals surface area (Å²) < 4.78 is 4.73. The Balaban J connectivity index is 1.67. The SMILES string of the molecule is CN(Cc1ccccc1)C(=O)c1cc(C(=O)NCCc2cnoc2)c[nH]c1=O. The molecule has 0 aliphatic heterocycles. The third kappa shape index (κ3) is 4.73. The van der Waals surface area contributed by atoms with Crippen LogP contribution in [-0.4, -0.2) is 40.4 Å². The van der Waals surface area contributed by atoms with E-state index in [0.717, 1.165) is 11.1 Å². The molecule has 0 aliphatic carbocycles. The molecule has 8 heteroatoms. The van der Waals surface area contributed by atoms with E-state index < -0.39 is 11.5 Å². The number of amides is 2. The van der Waals surface area contributed by atoms with E-state index in [4.69, 9.17) is 4.52 Å². The van der Waals surface area contributed by atoms with E-state index in [-0.39, 0.29) is 17.0 Å². The summed E-state index contributed by atoms with van der Waals surface area (Å²) in [4.78, 5) is 41.0. The lowest BCUT2D eigenvalue weighted by molar-refractivity contribution is 0.0783. The molecule has 2 N–H and O–H groups in total. The number of hydrogen-bond acceptors (Lipinski definition) is 5. The maximum absolute atomic E-state index is 12.7. The van der Waals surface area contributed by atoms with Crippen LogP contribution < -0.4 is 10.9 Å². The molecule has 0 unspecified atom stereocenters. The Morgan fingerprint density at radius 3 is 2.71 bits per heavy atom. The summed E-state index contributed by atoms with van der Waals surface area (Å²) in [6, 6.07) is 10.8. The van der Waals surface area contributed by atoms with Crippen molar-refractivity contribution < 1.29 is 14.1 Å². The van der Waals surface area contributed by atoms with Gasteiger partial charge in [0.15, 0.2) is 0 Å². The zero-order chi connectivity index (χ0) is 19.9. The number of carbonyl (C=O) groups excluding carboxylic acids is 2. The second-order valence-electron chi connectivity index (χ2n) is 6.32. The van der Waals surface area contributed by atoms with E-state index in [1.807, 2.05) is 30.3 Å². The lowest BCUT2D eigenvalue weighted by Crippen LogP contribution is -2.33. The Morgan fingerprint density at radius 2 is 2.00 bits per heavy atom. The highest BCUT2D eigenvalue weighted by atomic mass is 16.5. The molecule has 8 nitrogen and oxygen atoms in total. The number of nitrogens with zero attached hydrogens (tertiary/aromatic N) is 2. The van der Waals surface area contributed by atoms with Gasteiger partial charge < -0.3 is 19.7 Å². The Labute approximate surface area is 161 Å². The van der Waals surface area contributed by atoms with Crippen molar-refractivity contribution in [1.29, 1.82) is 0 Å². The van der Waals surface area contributed by atoms with Gasteiger partial charge in [-0.25, -0.2) is 0 Å². The second kappa shape index (κ2) is 8.81. The molecule has 2 heterocycles. The van der Waals surface area contributed by atoms with Crippen LogP contribution in [0.4, 0.5) is 0 Å². The van der Waals surface area contributed by atoms with Crippen molar-refractivity contribution in [2.45, 2.75) is 13.0 Å². The first-order chi connectivity index (χ1) is 13.5. The van der Waals surface area contributed by atoms with Gasteiger partial charge in [-0.3, -0.25) is 14.4 Å². The predicted molar refractivity (Wildman–Crippen MR) is 102 cm³/mol. The number of aromatic amines is 1. The van der Waals surface area contributed by atoms with Gasteiger partial charge in [-0.1, -0.05) is 35.5 Å². The van der Waals surface area contributed by atoms with Crippen LogP contribution in [0.2, 0.25) is 0 Å². The molecule has 0 bridgehead atoms. The maximum atomic E-state index is 12.7. The van der Waals surface area contributed by atoms with E-state index in [1.54, 1.807) is 13.2 Å². The number of hydrogen-bond donors (Lipinski definition) is 2. The molecule has 0 aliphatic rings. The fourth-order valence-electron chi connectivity index (χ4n) is 2.68. The molecule has 1 aromatic carbocycles. The first-order valence-electron chi connectivity index (χ1n) is 8.73. The first-order valence-corrected chi connectivity index (χ1v) is 8.73. The third-order valence-corrected chi connectivity index (χ3v) is 4.19. The molecule has 0 saturated heterocycles. The largest absolute Gasteiger partial charge is 0.364 e. The Bertz CT molecular complexity index is 997. The minimum absolute atomic E-state index is 0.0786. The van der Waals surface area contributed by atoms with Crippen LogP contribution in [-0.2, 0) is 13.0 Å². The molecule has 2 aromatic heterocycles. The van der Waals surface area contributed by atoms with Gasteiger partial charge in [0.1, 0.15) is 11.8 Å². The lowest BCUT2D eigenvalue weighted by Gasteiger charge is -2.17. The van der Waals surface area contributed by atoms with E-state index in [0.29, 0.717) is 19.5 Å². The van der Waals surface area contributed by atoms with Crippen molar-refractivity contribution in [1.82, 2.24) is 20.4 Å². The maximum Gasteiger partial charge on any atom is 0.260 e. The van der Waals surface area contributed by atoms with Crippen LogP contribution in [0.1, 0.15) is 31.8 Å². The van der Waals surface area contributed by atoms with Gasteiger partial charge in [-0.2, -0.15) is 0 Å². The van der Waals surface area contributed by atoms with Crippen molar-refractivity contribution in [2.24, 2.45) is 0 Å². The topological polar surface area (TPSA) is 108 Å². The quantitative estimate of drug-likeness (QED) is 0.647. The summed E-state index contributed by atoms with van der Waals surface area (Å²) >= 11 is 0. The number of H-pyrrole nitrogens is 1. The summed E-state index contributed by atoms with van der Waals surface area (Å²) in [5.41, 5.74) is 1.40. The standard InChI is InChI=1S/C20H20N4O4/c1-24(12-14-5-3-2-4-6-14)20(27)17-9-16(11-22-19(17)26)18(25)21-8-7-15-10-23-28-13-15/h2-6,9-11,13H,7-8,12H2,1H3,(H,21,25)(H,22,26). The Kier molecular flexibility index (Phi) is 6.01. The summed E-state index contributed by atoms with van der Waals surface area (Å²) in [5, 5.41) is 6.33. The number of aromatic nitrogens is 2. The van der Waals surface area contributed by atoms with Crippen LogP contribution >= 0.6 is 0 Å². The zero-order valence-corrected chi connectivity index (χ0v) is 15.3. The number of carbonyl (C=O) groups is 2. The number of pyridine rings is 1. The van der Waals surface area contributed by atoms with Crippen LogP contribution in [0.15, 0.2) is 64.4 Å². The molecule has 3 rings (SSSR count). The van der Waals surface area contributed by atoms with Gasteiger partial charge in [-0.15, -0.1) is 0 Å². The van der Waals surface area contributed by atoms with Crippen molar-refractivity contribution >= 4 is 11.8 Å². The highest BCUT2D eigenvalue weighted by Crippen LogP contribution is 2.07. The van der Waals surface area contributed by atoms with Gasteiger partial charge >= 0.3 is 0 Å². The van der Waals surface area contributed by atoms with E-state index in [9.17, 15) is 14.4 Å². The Hall–Kier alpha value is -3.68. The van der Waals surface area contributed by atoms with Gasteiger partial charge in [0.2, 0.25) is 0 Å². The molecule has 144 valence electrons. The molecule has 28 heavy (non-hydrogen) atoms. The summed E-state index contributed by atoms with van der Waals surface area (Å²) in [6.45, 7) is 0.727. The fourth-order valence-corrected chi connectivity index (χ4v) is 2.68. The molecule has 2 amide bonds. The molecule has 3 aromatic rings. The van der Waals surface area contributed by atoms with Gasteiger partial charge in [0, 0.05) is 31.9 Å². The number of benzene rings is 1. The summed E-state index contributed by atoms with van der Waals surface area (Å²) in [7, 11) is 1.61. The second-order valence-corrected chi connectivity index (χ2v) is 6.32. The van der Waals surface area contributed by atoms with E-state index in [1.165, 1.54) is 23.4 Å². The van der Waals surface area contributed by atoms with Gasteiger partial charge in [-0.05, 0) is 18.1 Å². The average Bonchev–Trinajstić information content (AvgIpc) is 3.22. The first kappa shape index (κ1) is 19.1. The van der Waals surface area contributed by atoms with Crippen molar-refractivity contribution in [3.05, 3.63) is 87.7 Å². The van der Waals surface area contributed by atoms with Crippen LogP contribution in [0, 0.1) is 0 Å². The zero-order valence-electron chi connectivity index (χ0n) is 15.3. The molecule has 0 spiro atoms. The molecule has 0 atom stereocenters. The average molecular weight is 380 g/mol. The monoisotopic (exact) mass is 380 g/mol. The molecular weight excluding hydrogens is 360 g/mol. The van der Waals surface area contributed by atoms with E-state index in [2.05, 4.69) is 15.5 Å². The minimum Gasteiger partial charge on any atom is -0.364 e. The van der Waals surface area contributed by atoms with E-state index >= 15 is 0 Å². The van der Waals surface area contributed by atoms with Gasteiger partial charge in [0.25, 0.3) is 17.4 Å². The summed E-state index contributed by atoms with van der Waals surface area (Å²) in [5.74, 6) is -0.836. The third-order valence-electron chi connectivity index (χ3n) is 4.19. The van der Waals surface area contributed by atoms with Crippen LogP contribution in [0.5, 0.6) is 0 Å². The van der Waals surface area contributed by atoms with Crippen molar-refractivity contribution in [2.75, 3.05) is 13.6 Å².